The number of hydrogen-bond donors (Lipinski definition) is 1. The molecule has 1 N–H and O–H groups in total. The highest BCUT2D eigenvalue weighted by molar-refractivity contribution is 7.90. The molecule has 0 saturated carbocycles. The first-order valence-electron chi connectivity index (χ1n) is 14.8. The van der Waals surface area contributed by atoms with Crippen molar-refractivity contribution in [1.29, 1.82) is 0 Å². The van der Waals surface area contributed by atoms with Crippen LogP contribution in [-0.4, -0.2) is 29.8 Å². The zero-order valence-electron chi connectivity index (χ0n) is 26.7. The SMILES string of the molecule is CCc1c(Cc2c(C)c(C)cn2S(=O)(=O)c2ccc(C)cc2)[nH]c(Cc2c(C)c(C)cn2S(=O)(=O)c2ccc(C)cc2)c1C. The van der Waals surface area contributed by atoms with Gasteiger partial charge in [-0.15, -0.1) is 0 Å². The Morgan fingerprint density at radius 2 is 0.955 bits per heavy atom. The topological polar surface area (TPSA) is 93.9 Å². The lowest BCUT2D eigenvalue weighted by Gasteiger charge is -2.13. The van der Waals surface area contributed by atoms with Crippen LogP contribution in [0.5, 0.6) is 0 Å². The minimum Gasteiger partial charge on any atom is -0.361 e. The van der Waals surface area contributed by atoms with Crippen molar-refractivity contribution in [3.05, 3.63) is 128 Å². The van der Waals surface area contributed by atoms with Crippen LogP contribution in [0.2, 0.25) is 0 Å². The molecular weight excluding hydrogens is 591 g/mol. The van der Waals surface area contributed by atoms with E-state index in [9.17, 15) is 16.8 Å². The molecular formula is C35H41N3O4S2. The van der Waals surface area contributed by atoms with Gasteiger partial charge in [-0.05, 0) is 113 Å². The summed E-state index contributed by atoms with van der Waals surface area (Å²) in [6.45, 7) is 15.8. The van der Waals surface area contributed by atoms with E-state index >= 15 is 0 Å². The van der Waals surface area contributed by atoms with E-state index in [0.717, 1.165) is 62.3 Å². The van der Waals surface area contributed by atoms with Gasteiger partial charge in [0.25, 0.3) is 20.0 Å². The van der Waals surface area contributed by atoms with Crippen molar-refractivity contribution in [3.8, 4) is 0 Å². The molecule has 0 amide bonds. The second kappa shape index (κ2) is 11.6. The molecule has 0 aliphatic rings. The molecule has 5 rings (SSSR count). The van der Waals surface area contributed by atoms with Gasteiger partial charge in [-0.1, -0.05) is 42.3 Å². The fourth-order valence-electron chi connectivity index (χ4n) is 5.89. The van der Waals surface area contributed by atoms with Crippen LogP contribution in [0.1, 0.15) is 74.2 Å². The Balaban J connectivity index is 1.56. The monoisotopic (exact) mass is 631 g/mol. The molecule has 0 saturated heterocycles. The average molecular weight is 632 g/mol. The standard InChI is InChI=1S/C35H41N3O4S2/c1-9-31-28(8)32(18-34-26(6)24(4)20-37(34)43(39,40)29-14-10-22(2)11-15-29)36-33(31)19-35-27(7)25(5)21-38(35)44(41,42)30-16-12-23(3)13-17-30/h10-17,20-21,36H,9,18-19H2,1-8H3. The van der Waals surface area contributed by atoms with Crippen molar-refractivity contribution < 1.29 is 16.8 Å². The number of aromatic amines is 1. The lowest BCUT2D eigenvalue weighted by Crippen LogP contribution is -2.16. The summed E-state index contributed by atoms with van der Waals surface area (Å²) in [6, 6.07) is 13.8. The Bertz CT molecular complexity index is 2080. The average Bonchev–Trinajstić information content (AvgIpc) is 3.55. The van der Waals surface area contributed by atoms with Gasteiger partial charge in [0, 0.05) is 48.0 Å². The molecule has 232 valence electrons. The maximum Gasteiger partial charge on any atom is 0.267 e. The molecule has 2 aromatic carbocycles. The van der Waals surface area contributed by atoms with Crippen molar-refractivity contribution in [2.24, 2.45) is 0 Å². The van der Waals surface area contributed by atoms with Crippen molar-refractivity contribution in [2.75, 3.05) is 0 Å². The van der Waals surface area contributed by atoms with Gasteiger partial charge in [0.15, 0.2) is 0 Å². The third-order valence-electron chi connectivity index (χ3n) is 8.97. The number of nitrogens with one attached hydrogen (secondary N) is 1. The Kier molecular flexibility index (Phi) is 8.33. The molecule has 3 heterocycles. The number of benzene rings is 2. The summed E-state index contributed by atoms with van der Waals surface area (Å²) >= 11 is 0. The summed E-state index contributed by atoms with van der Waals surface area (Å²) in [6.07, 6.45) is 4.95. The summed E-state index contributed by atoms with van der Waals surface area (Å²) in [5, 5.41) is 0. The normalized spacial score (nSPS) is 12.3. The van der Waals surface area contributed by atoms with Gasteiger partial charge in [-0.3, -0.25) is 0 Å². The van der Waals surface area contributed by atoms with Crippen LogP contribution in [0.25, 0.3) is 0 Å². The molecule has 5 aromatic rings. The Morgan fingerprint density at radius 1 is 0.568 bits per heavy atom. The number of rotatable bonds is 9. The van der Waals surface area contributed by atoms with Crippen LogP contribution in [0.4, 0.5) is 0 Å². The summed E-state index contributed by atoms with van der Waals surface area (Å²) < 4.78 is 58.0. The van der Waals surface area contributed by atoms with E-state index in [1.807, 2.05) is 65.8 Å². The third kappa shape index (κ3) is 5.48. The molecule has 0 aliphatic heterocycles. The van der Waals surface area contributed by atoms with E-state index in [-0.39, 0.29) is 9.79 Å². The lowest BCUT2D eigenvalue weighted by molar-refractivity contribution is 0.584. The van der Waals surface area contributed by atoms with E-state index in [4.69, 9.17) is 0 Å². The molecule has 9 heteroatoms. The maximum absolute atomic E-state index is 13.8. The zero-order valence-corrected chi connectivity index (χ0v) is 28.4. The van der Waals surface area contributed by atoms with Gasteiger partial charge in [-0.25, -0.2) is 24.8 Å². The van der Waals surface area contributed by atoms with Gasteiger partial charge in [-0.2, -0.15) is 0 Å². The van der Waals surface area contributed by atoms with E-state index in [2.05, 4.69) is 18.8 Å². The van der Waals surface area contributed by atoms with Gasteiger partial charge in [0.1, 0.15) is 0 Å². The van der Waals surface area contributed by atoms with Gasteiger partial charge in [0.2, 0.25) is 0 Å². The molecule has 0 fully saturated rings. The number of hydrogen-bond acceptors (Lipinski definition) is 4. The number of aromatic nitrogens is 3. The highest BCUT2D eigenvalue weighted by atomic mass is 32.2. The smallest absolute Gasteiger partial charge is 0.267 e. The van der Waals surface area contributed by atoms with Crippen molar-refractivity contribution in [3.63, 3.8) is 0 Å². The molecule has 7 nitrogen and oxygen atoms in total. The van der Waals surface area contributed by atoms with E-state index in [0.29, 0.717) is 24.2 Å². The molecule has 44 heavy (non-hydrogen) atoms. The van der Waals surface area contributed by atoms with Gasteiger partial charge in [0.05, 0.1) is 9.79 Å². The van der Waals surface area contributed by atoms with Crippen LogP contribution in [-0.2, 0) is 39.3 Å². The van der Waals surface area contributed by atoms with Gasteiger partial charge >= 0.3 is 0 Å². The maximum atomic E-state index is 13.8. The molecule has 0 bridgehead atoms. The summed E-state index contributed by atoms with van der Waals surface area (Å²) in [7, 11) is -7.60. The third-order valence-corrected chi connectivity index (χ3v) is 12.4. The summed E-state index contributed by atoms with van der Waals surface area (Å²) in [5.41, 5.74) is 11.1. The molecule has 3 aromatic heterocycles. The van der Waals surface area contributed by atoms with Crippen molar-refractivity contribution in [1.82, 2.24) is 12.9 Å². The first-order valence-corrected chi connectivity index (χ1v) is 17.7. The summed E-state index contributed by atoms with van der Waals surface area (Å²) in [5.74, 6) is 0. The first kappa shape index (κ1) is 31.6. The Morgan fingerprint density at radius 3 is 1.34 bits per heavy atom. The lowest BCUT2D eigenvalue weighted by atomic mass is 10.0. The number of aryl methyl sites for hydroxylation is 4. The predicted octanol–water partition coefficient (Wildman–Crippen LogP) is 6.99. The fraction of sp³-hybridized carbons (Fsp3) is 0.314. The van der Waals surface area contributed by atoms with Gasteiger partial charge < -0.3 is 4.98 Å². The van der Waals surface area contributed by atoms with E-state index in [1.54, 1.807) is 36.7 Å². The van der Waals surface area contributed by atoms with E-state index < -0.39 is 20.0 Å². The second-order valence-corrected chi connectivity index (χ2v) is 15.5. The molecule has 0 unspecified atom stereocenters. The molecule has 0 aliphatic carbocycles. The quantitative estimate of drug-likeness (QED) is 0.190. The van der Waals surface area contributed by atoms with Crippen LogP contribution in [0.15, 0.2) is 70.7 Å². The Labute approximate surface area is 261 Å². The predicted molar refractivity (Wildman–Crippen MR) is 176 cm³/mol. The fourth-order valence-corrected chi connectivity index (χ4v) is 8.88. The second-order valence-electron chi connectivity index (χ2n) is 11.9. The highest BCUT2D eigenvalue weighted by Crippen LogP contribution is 2.31. The molecule has 0 atom stereocenters. The minimum atomic E-state index is -3.80. The summed E-state index contributed by atoms with van der Waals surface area (Å²) in [4.78, 5) is 4.11. The number of nitrogens with zero attached hydrogens (tertiary/aromatic N) is 2. The van der Waals surface area contributed by atoms with Crippen LogP contribution in [0, 0.1) is 48.5 Å². The zero-order chi connectivity index (χ0) is 32.1. The van der Waals surface area contributed by atoms with Crippen LogP contribution in [0.3, 0.4) is 0 Å². The number of H-pyrrole nitrogens is 1. The Hall–Kier alpha value is -3.82. The van der Waals surface area contributed by atoms with Crippen molar-refractivity contribution >= 4 is 20.0 Å². The van der Waals surface area contributed by atoms with Crippen LogP contribution >= 0.6 is 0 Å². The van der Waals surface area contributed by atoms with E-state index in [1.165, 1.54) is 7.94 Å². The molecule has 0 radical (unpaired) electrons. The van der Waals surface area contributed by atoms with Crippen molar-refractivity contribution in [2.45, 2.75) is 84.4 Å². The van der Waals surface area contributed by atoms with Crippen LogP contribution < -0.4 is 0 Å². The molecule has 0 spiro atoms. The largest absolute Gasteiger partial charge is 0.361 e. The highest BCUT2D eigenvalue weighted by Gasteiger charge is 2.27. The first-order chi connectivity index (χ1) is 20.7. The minimum absolute atomic E-state index is 0.249.